The first-order valence-corrected chi connectivity index (χ1v) is 13.6. The lowest BCUT2D eigenvalue weighted by Crippen LogP contribution is -2.53. The van der Waals surface area contributed by atoms with Gasteiger partial charge in [-0.25, -0.2) is 4.39 Å². The van der Waals surface area contributed by atoms with Crippen molar-refractivity contribution in [3.63, 3.8) is 0 Å². The van der Waals surface area contributed by atoms with Crippen LogP contribution in [0.25, 0.3) is 0 Å². The van der Waals surface area contributed by atoms with Gasteiger partial charge in [0.2, 0.25) is 11.8 Å². The number of amides is 2. The second-order valence-electron chi connectivity index (χ2n) is 9.26. The van der Waals surface area contributed by atoms with E-state index in [9.17, 15) is 14.0 Å². The van der Waals surface area contributed by atoms with E-state index in [0.717, 1.165) is 36.1 Å². The van der Waals surface area contributed by atoms with Crippen LogP contribution in [-0.4, -0.2) is 34.6 Å². The van der Waals surface area contributed by atoms with Crippen LogP contribution in [0.2, 0.25) is 0 Å². The Labute approximate surface area is 217 Å². The monoisotopic (exact) mass is 504 g/mol. The first-order chi connectivity index (χ1) is 17.6. The Kier molecular flexibility index (Phi) is 9.56. The van der Waals surface area contributed by atoms with E-state index in [2.05, 4.69) is 5.32 Å². The summed E-state index contributed by atoms with van der Waals surface area (Å²) >= 11 is 1.43. The highest BCUT2D eigenvalue weighted by atomic mass is 32.2. The van der Waals surface area contributed by atoms with Crippen molar-refractivity contribution in [2.45, 2.75) is 62.0 Å². The van der Waals surface area contributed by atoms with Crippen molar-refractivity contribution in [1.82, 2.24) is 10.2 Å². The van der Waals surface area contributed by atoms with Crippen molar-refractivity contribution >= 4 is 23.6 Å². The Bertz CT molecular complexity index is 1120. The summed E-state index contributed by atoms with van der Waals surface area (Å²) in [6, 6.07) is 25.3. The molecular formula is C30H33FN2O2S. The van der Waals surface area contributed by atoms with Gasteiger partial charge in [-0.2, -0.15) is 0 Å². The fraction of sp³-hybridized carbons (Fsp3) is 0.333. The van der Waals surface area contributed by atoms with Crippen molar-refractivity contribution < 1.29 is 14.0 Å². The summed E-state index contributed by atoms with van der Waals surface area (Å²) in [5.74, 6) is -0.565. The number of thioether (sulfide) groups is 1. The third kappa shape index (κ3) is 7.44. The van der Waals surface area contributed by atoms with Crippen LogP contribution in [0.15, 0.2) is 89.8 Å². The van der Waals surface area contributed by atoms with Crippen LogP contribution in [0.5, 0.6) is 0 Å². The maximum atomic E-state index is 14.7. The summed E-state index contributed by atoms with van der Waals surface area (Å²) in [6.45, 7) is 0.0381. The zero-order valence-corrected chi connectivity index (χ0v) is 21.3. The number of hydrogen-bond acceptors (Lipinski definition) is 3. The smallest absolute Gasteiger partial charge is 0.243 e. The molecule has 1 aliphatic carbocycles. The number of nitrogens with one attached hydrogen (secondary N) is 1. The molecule has 1 aliphatic rings. The summed E-state index contributed by atoms with van der Waals surface area (Å²) in [5, 5.41) is 3.22. The number of nitrogens with zero attached hydrogens (tertiary/aromatic N) is 1. The highest BCUT2D eigenvalue weighted by molar-refractivity contribution is 8.00. The minimum absolute atomic E-state index is 0.0381. The average molecular weight is 505 g/mol. The fourth-order valence-electron chi connectivity index (χ4n) is 4.65. The van der Waals surface area contributed by atoms with Crippen molar-refractivity contribution in [3.05, 3.63) is 102 Å². The summed E-state index contributed by atoms with van der Waals surface area (Å²) < 4.78 is 14.7. The SMILES string of the molecule is O=C(NC1CCCCC1)[C@H](Cc1ccccc1)N(Cc1ccccc1F)C(=O)CSc1ccccc1. The lowest BCUT2D eigenvalue weighted by atomic mass is 9.94. The summed E-state index contributed by atoms with van der Waals surface area (Å²) in [5.41, 5.74) is 1.36. The molecule has 36 heavy (non-hydrogen) atoms. The molecular weight excluding hydrogens is 471 g/mol. The van der Waals surface area contributed by atoms with Crippen LogP contribution >= 0.6 is 11.8 Å². The van der Waals surface area contributed by atoms with Crippen molar-refractivity contribution in [1.29, 1.82) is 0 Å². The summed E-state index contributed by atoms with van der Waals surface area (Å²) in [6.07, 6.45) is 5.66. The first kappa shape index (κ1) is 26.0. The van der Waals surface area contributed by atoms with Crippen LogP contribution in [0.3, 0.4) is 0 Å². The fourth-order valence-corrected chi connectivity index (χ4v) is 5.46. The maximum Gasteiger partial charge on any atom is 0.243 e. The van der Waals surface area contributed by atoms with Gasteiger partial charge in [-0.3, -0.25) is 9.59 Å². The normalized spacial score (nSPS) is 14.7. The molecule has 0 heterocycles. The van der Waals surface area contributed by atoms with Gasteiger partial charge in [-0.15, -0.1) is 11.8 Å². The van der Waals surface area contributed by atoms with Crippen LogP contribution in [0.4, 0.5) is 4.39 Å². The van der Waals surface area contributed by atoms with E-state index in [-0.39, 0.29) is 36.0 Å². The van der Waals surface area contributed by atoms with Gasteiger partial charge in [0.25, 0.3) is 0 Å². The van der Waals surface area contributed by atoms with Gasteiger partial charge in [0.1, 0.15) is 11.9 Å². The Morgan fingerprint density at radius 2 is 1.53 bits per heavy atom. The van der Waals surface area contributed by atoms with Crippen LogP contribution in [0.1, 0.15) is 43.2 Å². The minimum Gasteiger partial charge on any atom is -0.352 e. The molecule has 0 saturated heterocycles. The molecule has 0 bridgehead atoms. The second kappa shape index (κ2) is 13.3. The third-order valence-corrected chi connectivity index (χ3v) is 7.62. The standard InChI is InChI=1S/C30H33FN2O2S/c31-27-19-11-10-14-24(27)21-33(29(34)22-36-26-17-8-3-9-18-26)28(20-23-12-4-1-5-13-23)30(35)32-25-15-6-2-7-16-25/h1,3-5,8-14,17-19,25,28H,2,6-7,15-16,20-22H2,(H,32,35)/t28-/m0/s1. The van der Waals surface area contributed by atoms with Crippen molar-refractivity contribution in [2.75, 3.05) is 5.75 Å². The molecule has 1 saturated carbocycles. The van der Waals surface area contributed by atoms with Crippen LogP contribution in [0, 0.1) is 5.82 Å². The molecule has 6 heteroatoms. The molecule has 0 radical (unpaired) electrons. The molecule has 0 unspecified atom stereocenters. The van der Waals surface area contributed by atoms with E-state index in [1.807, 2.05) is 60.7 Å². The van der Waals surface area contributed by atoms with E-state index in [4.69, 9.17) is 0 Å². The van der Waals surface area contributed by atoms with E-state index in [1.54, 1.807) is 23.1 Å². The number of hydrogen-bond donors (Lipinski definition) is 1. The largest absolute Gasteiger partial charge is 0.352 e. The number of carbonyl (C=O) groups is 2. The molecule has 1 fully saturated rings. The van der Waals surface area contributed by atoms with Gasteiger partial charge in [-0.05, 0) is 36.6 Å². The molecule has 4 rings (SSSR count). The summed E-state index contributed by atoms with van der Waals surface area (Å²) in [4.78, 5) is 29.9. The van der Waals surface area contributed by atoms with Crippen molar-refractivity contribution in [2.24, 2.45) is 0 Å². The zero-order chi connectivity index (χ0) is 25.2. The number of benzene rings is 3. The molecule has 0 aliphatic heterocycles. The molecule has 0 spiro atoms. The predicted molar refractivity (Wildman–Crippen MR) is 143 cm³/mol. The minimum atomic E-state index is -0.738. The van der Waals surface area contributed by atoms with Gasteiger partial charge in [-0.1, -0.05) is 86.0 Å². The zero-order valence-electron chi connectivity index (χ0n) is 20.4. The third-order valence-electron chi connectivity index (χ3n) is 6.63. The lowest BCUT2D eigenvalue weighted by molar-refractivity contribution is -0.139. The average Bonchev–Trinajstić information content (AvgIpc) is 2.92. The Morgan fingerprint density at radius 3 is 2.22 bits per heavy atom. The van der Waals surface area contributed by atoms with Gasteiger partial charge in [0.15, 0.2) is 0 Å². The maximum absolute atomic E-state index is 14.7. The van der Waals surface area contributed by atoms with Crippen molar-refractivity contribution in [3.8, 4) is 0 Å². The first-order valence-electron chi connectivity index (χ1n) is 12.6. The lowest BCUT2D eigenvalue weighted by Gasteiger charge is -2.33. The van der Waals surface area contributed by atoms with Gasteiger partial charge in [0, 0.05) is 29.5 Å². The summed E-state index contributed by atoms with van der Waals surface area (Å²) in [7, 11) is 0. The molecule has 2 amide bonds. The number of rotatable bonds is 10. The Morgan fingerprint density at radius 1 is 0.889 bits per heavy atom. The number of halogens is 1. The van der Waals surface area contributed by atoms with Crippen LogP contribution in [-0.2, 0) is 22.6 Å². The topological polar surface area (TPSA) is 49.4 Å². The number of carbonyl (C=O) groups excluding carboxylic acids is 2. The Balaban J connectivity index is 1.61. The van der Waals surface area contributed by atoms with Gasteiger partial charge >= 0.3 is 0 Å². The molecule has 1 atom stereocenters. The van der Waals surface area contributed by atoms with E-state index >= 15 is 0 Å². The highest BCUT2D eigenvalue weighted by Gasteiger charge is 2.32. The molecule has 1 N–H and O–H groups in total. The molecule has 3 aromatic rings. The predicted octanol–water partition coefficient (Wildman–Crippen LogP) is 6.01. The Hall–Kier alpha value is -3.12. The van der Waals surface area contributed by atoms with E-state index in [1.165, 1.54) is 24.2 Å². The quantitative estimate of drug-likeness (QED) is 0.344. The second-order valence-corrected chi connectivity index (χ2v) is 10.3. The van der Waals surface area contributed by atoms with Gasteiger partial charge in [0.05, 0.1) is 5.75 Å². The highest BCUT2D eigenvalue weighted by Crippen LogP contribution is 2.23. The van der Waals surface area contributed by atoms with E-state index in [0.29, 0.717) is 12.0 Å². The van der Waals surface area contributed by atoms with Crippen LogP contribution < -0.4 is 5.32 Å². The molecule has 3 aromatic carbocycles. The molecule has 4 nitrogen and oxygen atoms in total. The van der Waals surface area contributed by atoms with E-state index < -0.39 is 6.04 Å². The van der Waals surface area contributed by atoms with Gasteiger partial charge < -0.3 is 10.2 Å². The molecule has 188 valence electrons. The molecule has 0 aromatic heterocycles.